The molecule has 0 saturated carbocycles. The van der Waals surface area contributed by atoms with Gasteiger partial charge in [-0.3, -0.25) is 0 Å². The van der Waals surface area contributed by atoms with E-state index in [0.29, 0.717) is 0 Å². The minimum atomic E-state index is 0.260. The lowest BCUT2D eigenvalue weighted by molar-refractivity contribution is 0.290. The number of hydrogen-bond donors (Lipinski definition) is 1. The third-order valence-corrected chi connectivity index (χ3v) is 3.41. The Hall–Kier alpha value is -1.22. The molecule has 1 aliphatic rings. The number of aliphatic hydroxyl groups excluding tert-OH is 1. The smallest absolute Gasteiger partial charge is 0.0447 e. The van der Waals surface area contributed by atoms with E-state index in [9.17, 15) is 0 Å². The monoisotopic (exact) mass is 234 g/mol. The lowest BCUT2D eigenvalue weighted by atomic mass is 10.2. The van der Waals surface area contributed by atoms with Gasteiger partial charge in [0.1, 0.15) is 0 Å². The van der Waals surface area contributed by atoms with Crippen molar-refractivity contribution in [3.63, 3.8) is 0 Å². The second-order valence-electron chi connectivity index (χ2n) is 4.71. The Morgan fingerprint density at radius 2 is 1.82 bits per heavy atom. The summed E-state index contributed by atoms with van der Waals surface area (Å²) in [5.74, 6) is 0. The van der Waals surface area contributed by atoms with Crippen LogP contribution in [0.25, 0.3) is 0 Å². The summed E-state index contributed by atoms with van der Waals surface area (Å²) in [7, 11) is 2.07. The maximum absolute atomic E-state index is 8.82. The number of nitrogens with zero attached hydrogens (tertiary/aromatic N) is 2. The van der Waals surface area contributed by atoms with Crippen molar-refractivity contribution in [3.8, 4) is 0 Å². The molecule has 0 spiro atoms. The third-order valence-electron chi connectivity index (χ3n) is 3.41. The Morgan fingerprint density at radius 3 is 2.41 bits per heavy atom. The van der Waals surface area contributed by atoms with E-state index in [2.05, 4.69) is 41.1 Å². The van der Waals surface area contributed by atoms with Gasteiger partial charge in [-0.15, -0.1) is 0 Å². The predicted molar refractivity (Wildman–Crippen MR) is 72.9 cm³/mol. The van der Waals surface area contributed by atoms with Gasteiger partial charge in [-0.2, -0.15) is 0 Å². The summed E-state index contributed by atoms with van der Waals surface area (Å²) in [5, 5.41) is 8.82. The molecular formula is C14H22N2O. The second-order valence-corrected chi connectivity index (χ2v) is 4.71. The molecule has 0 unspecified atom stereocenters. The van der Waals surface area contributed by atoms with Crippen LogP contribution in [-0.2, 0) is 0 Å². The zero-order valence-electron chi connectivity index (χ0n) is 10.6. The van der Waals surface area contributed by atoms with E-state index in [-0.39, 0.29) is 6.61 Å². The highest BCUT2D eigenvalue weighted by molar-refractivity contribution is 5.56. The first-order valence-corrected chi connectivity index (χ1v) is 6.48. The SMILES string of the molecule is CN(CCCO)c1ccc(N2CCCC2)cc1. The van der Waals surface area contributed by atoms with Crippen LogP contribution in [0.2, 0.25) is 0 Å². The summed E-state index contributed by atoms with van der Waals surface area (Å²) in [6.45, 7) is 3.55. The van der Waals surface area contributed by atoms with Crippen molar-refractivity contribution in [1.82, 2.24) is 0 Å². The van der Waals surface area contributed by atoms with Crippen LogP contribution in [0.1, 0.15) is 19.3 Å². The van der Waals surface area contributed by atoms with E-state index in [0.717, 1.165) is 13.0 Å². The van der Waals surface area contributed by atoms with E-state index in [4.69, 9.17) is 5.11 Å². The van der Waals surface area contributed by atoms with Gasteiger partial charge < -0.3 is 14.9 Å². The lowest BCUT2D eigenvalue weighted by Crippen LogP contribution is -2.20. The molecule has 1 N–H and O–H groups in total. The molecule has 1 heterocycles. The minimum absolute atomic E-state index is 0.260. The number of anilines is 2. The fraction of sp³-hybridized carbons (Fsp3) is 0.571. The third kappa shape index (κ3) is 3.13. The first-order valence-electron chi connectivity index (χ1n) is 6.48. The molecule has 1 fully saturated rings. The highest BCUT2D eigenvalue weighted by Crippen LogP contribution is 2.23. The van der Waals surface area contributed by atoms with Gasteiger partial charge in [0.05, 0.1) is 0 Å². The Balaban J connectivity index is 1.96. The second kappa shape index (κ2) is 5.92. The molecule has 2 rings (SSSR count). The molecule has 3 nitrogen and oxygen atoms in total. The van der Waals surface area contributed by atoms with Gasteiger partial charge in [0.2, 0.25) is 0 Å². The van der Waals surface area contributed by atoms with Gasteiger partial charge in [-0.05, 0) is 43.5 Å². The fourth-order valence-corrected chi connectivity index (χ4v) is 2.33. The summed E-state index contributed by atoms with van der Waals surface area (Å²) in [4.78, 5) is 4.63. The van der Waals surface area contributed by atoms with Gasteiger partial charge in [-0.25, -0.2) is 0 Å². The number of benzene rings is 1. The maximum Gasteiger partial charge on any atom is 0.0447 e. The van der Waals surface area contributed by atoms with E-state index in [1.54, 1.807) is 0 Å². The Morgan fingerprint density at radius 1 is 1.18 bits per heavy atom. The van der Waals surface area contributed by atoms with E-state index < -0.39 is 0 Å². The standard InChI is InChI=1S/C14H22N2O/c1-15(9-4-12-17)13-5-7-14(8-6-13)16-10-2-3-11-16/h5-8,17H,2-4,9-12H2,1H3. The Kier molecular flexibility index (Phi) is 4.26. The lowest BCUT2D eigenvalue weighted by Gasteiger charge is -2.21. The highest BCUT2D eigenvalue weighted by atomic mass is 16.3. The molecule has 1 aromatic rings. The first kappa shape index (κ1) is 12.2. The molecule has 1 aromatic carbocycles. The molecule has 94 valence electrons. The zero-order valence-corrected chi connectivity index (χ0v) is 10.6. The summed E-state index contributed by atoms with van der Waals surface area (Å²) < 4.78 is 0. The van der Waals surface area contributed by atoms with E-state index in [1.807, 2.05) is 0 Å². The molecule has 0 aliphatic carbocycles. The van der Waals surface area contributed by atoms with Crippen LogP contribution in [0, 0.1) is 0 Å². The zero-order chi connectivity index (χ0) is 12.1. The molecule has 0 amide bonds. The average Bonchev–Trinajstić information content (AvgIpc) is 2.90. The molecule has 17 heavy (non-hydrogen) atoms. The van der Waals surface area contributed by atoms with Gasteiger partial charge in [0.25, 0.3) is 0 Å². The number of rotatable bonds is 5. The van der Waals surface area contributed by atoms with E-state index >= 15 is 0 Å². The number of aliphatic hydroxyl groups is 1. The summed E-state index contributed by atoms with van der Waals surface area (Å²) >= 11 is 0. The van der Waals surface area contributed by atoms with Crippen LogP contribution in [0.4, 0.5) is 11.4 Å². The summed E-state index contributed by atoms with van der Waals surface area (Å²) in [6, 6.07) is 8.75. The molecule has 0 aromatic heterocycles. The van der Waals surface area contributed by atoms with Crippen molar-refractivity contribution in [3.05, 3.63) is 24.3 Å². The molecule has 0 bridgehead atoms. The van der Waals surface area contributed by atoms with E-state index in [1.165, 1.54) is 37.3 Å². The minimum Gasteiger partial charge on any atom is -0.396 e. The van der Waals surface area contributed by atoms with Crippen LogP contribution in [0.15, 0.2) is 24.3 Å². The van der Waals surface area contributed by atoms with Crippen LogP contribution in [0.5, 0.6) is 0 Å². The first-order chi connectivity index (χ1) is 8.31. The molecule has 0 radical (unpaired) electrons. The quantitative estimate of drug-likeness (QED) is 0.845. The average molecular weight is 234 g/mol. The van der Waals surface area contributed by atoms with Crippen LogP contribution in [0.3, 0.4) is 0 Å². The fourth-order valence-electron chi connectivity index (χ4n) is 2.33. The number of hydrogen-bond acceptors (Lipinski definition) is 3. The predicted octanol–water partition coefficient (Wildman–Crippen LogP) is 2.11. The van der Waals surface area contributed by atoms with Crippen LogP contribution < -0.4 is 9.80 Å². The molecular weight excluding hydrogens is 212 g/mol. The van der Waals surface area contributed by atoms with Crippen LogP contribution in [-0.4, -0.2) is 38.4 Å². The summed E-state index contributed by atoms with van der Waals surface area (Å²) in [5.41, 5.74) is 2.56. The van der Waals surface area contributed by atoms with Crippen molar-refractivity contribution in [2.24, 2.45) is 0 Å². The normalized spacial score (nSPS) is 15.3. The van der Waals surface area contributed by atoms with Gasteiger partial charge in [-0.1, -0.05) is 0 Å². The van der Waals surface area contributed by atoms with Crippen molar-refractivity contribution in [1.29, 1.82) is 0 Å². The molecule has 1 aliphatic heterocycles. The van der Waals surface area contributed by atoms with Gasteiger partial charge >= 0.3 is 0 Å². The van der Waals surface area contributed by atoms with Gasteiger partial charge in [0, 0.05) is 44.7 Å². The van der Waals surface area contributed by atoms with Crippen molar-refractivity contribution in [2.45, 2.75) is 19.3 Å². The highest BCUT2D eigenvalue weighted by Gasteiger charge is 2.12. The van der Waals surface area contributed by atoms with Crippen molar-refractivity contribution in [2.75, 3.05) is 43.1 Å². The molecule has 3 heteroatoms. The largest absolute Gasteiger partial charge is 0.396 e. The Bertz CT molecular complexity index is 331. The Labute approximate surface area is 104 Å². The van der Waals surface area contributed by atoms with Crippen LogP contribution >= 0.6 is 0 Å². The topological polar surface area (TPSA) is 26.7 Å². The van der Waals surface area contributed by atoms with Gasteiger partial charge in [0.15, 0.2) is 0 Å². The van der Waals surface area contributed by atoms with Crippen molar-refractivity contribution < 1.29 is 5.11 Å². The molecule has 0 atom stereocenters. The molecule has 1 saturated heterocycles. The maximum atomic E-state index is 8.82. The summed E-state index contributed by atoms with van der Waals surface area (Å²) in [6.07, 6.45) is 3.46. The van der Waals surface area contributed by atoms with Crippen molar-refractivity contribution >= 4 is 11.4 Å².